The summed E-state index contributed by atoms with van der Waals surface area (Å²) >= 11 is 1.62. The molecule has 0 aliphatic rings. The summed E-state index contributed by atoms with van der Waals surface area (Å²) in [5.41, 5.74) is 2.14. The zero-order valence-corrected chi connectivity index (χ0v) is 10.7. The smallest absolute Gasteiger partial charge is 0.101 e. The molecule has 0 unspecified atom stereocenters. The number of hydrogen-bond acceptors (Lipinski definition) is 3. The summed E-state index contributed by atoms with van der Waals surface area (Å²) in [7, 11) is 0. The van der Waals surface area contributed by atoms with Gasteiger partial charge in [-0.3, -0.25) is 0 Å². The Morgan fingerprint density at radius 2 is 2.00 bits per heavy atom. The number of benzene rings is 1. The van der Waals surface area contributed by atoms with Gasteiger partial charge in [-0.15, -0.1) is 0 Å². The fraction of sp³-hybridized carbons (Fsp3) is 0.214. The van der Waals surface area contributed by atoms with Crippen molar-refractivity contribution in [1.82, 2.24) is 4.98 Å². The van der Waals surface area contributed by atoms with Gasteiger partial charge in [-0.2, -0.15) is 0 Å². The molecule has 0 aliphatic carbocycles. The zero-order valence-electron chi connectivity index (χ0n) is 9.92. The second-order valence-corrected chi connectivity index (χ2v) is 5.03. The first-order valence-electron chi connectivity index (χ1n) is 5.54. The van der Waals surface area contributed by atoms with Gasteiger partial charge in [0, 0.05) is 11.1 Å². The van der Waals surface area contributed by atoms with Gasteiger partial charge in [0.25, 0.3) is 0 Å². The van der Waals surface area contributed by atoms with Gasteiger partial charge in [-0.25, -0.2) is 4.98 Å². The van der Waals surface area contributed by atoms with Crippen molar-refractivity contribution in [2.45, 2.75) is 29.9 Å². The summed E-state index contributed by atoms with van der Waals surface area (Å²) in [6, 6.07) is 12.0. The molecular weight excluding hydrogens is 230 g/mol. The second kappa shape index (κ2) is 5.34. The number of rotatable bonds is 3. The maximum atomic E-state index is 9.53. The lowest BCUT2D eigenvalue weighted by Crippen LogP contribution is -1.92. The maximum absolute atomic E-state index is 9.53. The Balaban J connectivity index is 2.25. The molecule has 0 saturated heterocycles. The molecule has 0 saturated carbocycles. The van der Waals surface area contributed by atoms with Crippen LogP contribution in [0, 0.1) is 6.92 Å². The number of nitrogens with zero attached hydrogens (tertiary/aromatic N) is 1. The first-order chi connectivity index (χ1) is 8.16. The van der Waals surface area contributed by atoms with Crippen LogP contribution in [0.5, 0.6) is 0 Å². The van der Waals surface area contributed by atoms with E-state index >= 15 is 0 Å². The van der Waals surface area contributed by atoms with Gasteiger partial charge >= 0.3 is 0 Å². The fourth-order valence-electron chi connectivity index (χ4n) is 1.52. The van der Waals surface area contributed by atoms with Crippen LogP contribution in [0.25, 0.3) is 0 Å². The molecule has 0 bridgehead atoms. The van der Waals surface area contributed by atoms with E-state index in [9.17, 15) is 5.11 Å². The standard InChI is InChI=1S/C14H15NOS/c1-10-5-3-4-6-13(10)17-14-9-12(11(2)16)7-8-15-14/h3-9,11,16H,1-2H3/t11-/m0/s1. The van der Waals surface area contributed by atoms with Gasteiger partial charge in [-0.1, -0.05) is 30.0 Å². The van der Waals surface area contributed by atoms with Crippen LogP contribution in [0.3, 0.4) is 0 Å². The lowest BCUT2D eigenvalue weighted by atomic mass is 10.2. The summed E-state index contributed by atoms with van der Waals surface area (Å²) in [4.78, 5) is 5.51. The van der Waals surface area contributed by atoms with Crippen LogP contribution < -0.4 is 0 Å². The molecule has 2 nitrogen and oxygen atoms in total. The number of aliphatic hydroxyl groups is 1. The summed E-state index contributed by atoms with van der Waals surface area (Å²) in [5, 5.41) is 10.4. The highest BCUT2D eigenvalue weighted by Gasteiger charge is 2.05. The minimum Gasteiger partial charge on any atom is -0.389 e. The number of hydrogen-bond donors (Lipinski definition) is 1. The summed E-state index contributed by atoms with van der Waals surface area (Å²) in [6.45, 7) is 3.85. The highest BCUT2D eigenvalue weighted by atomic mass is 32.2. The Morgan fingerprint density at radius 3 is 2.71 bits per heavy atom. The quantitative estimate of drug-likeness (QED) is 0.897. The van der Waals surface area contributed by atoms with Crippen LogP contribution in [-0.2, 0) is 0 Å². The number of aromatic nitrogens is 1. The molecule has 3 heteroatoms. The predicted molar refractivity (Wildman–Crippen MR) is 70.2 cm³/mol. The minimum atomic E-state index is -0.450. The minimum absolute atomic E-state index is 0.450. The molecule has 0 spiro atoms. The molecule has 1 heterocycles. The van der Waals surface area contributed by atoms with Crippen molar-refractivity contribution in [3.8, 4) is 0 Å². The number of pyridine rings is 1. The normalized spacial score (nSPS) is 12.4. The van der Waals surface area contributed by atoms with E-state index in [1.165, 1.54) is 10.5 Å². The van der Waals surface area contributed by atoms with Crippen molar-refractivity contribution in [2.75, 3.05) is 0 Å². The Kier molecular flexibility index (Phi) is 3.82. The monoisotopic (exact) mass is 245 g/mol. The van der Waals surface area contributed by atoms with Gasteiger partial charge in [0.05, 0.1) is 6.10 Å². The van der Waals surface area contributed by atoms with Crippen LogP contribution in [0.2, 0.25) is 0 Å². The van der Waals surface area contributed by atoms with Crippen molar-refractivity contribution in [2.24, 2.45) is 0 Å². The molecule has 0 aliphatic heterocycles. The molecule has 88 valence electrons. The highest BCUT2D eigenvalue weighted by molar-refractivity contribution is 7.99. The van der Waals surface area contributed by atoms with E-state index in [-0.39, 0.29) is 0 Å². The Hall–Kier alpha value is -1.32. The average molecular weight is 245 g/mol. The van der Waals surface area contributed by atoms with Crippen LogP contribution in [0.4, 0.5) is 0 Å². The molecule has 2 aromatic rings. The van der Waals surface area contributed by atoms with E-state index in [0.29, 0.717) is 0 Å². The number of aliphatic hydroxyl groups excluding tert-OH is 1. The molecule has 1 aromatic carbocycles. The summed E-state index contributed by atoms with van der Waals surface area (Å²) < 4.78 is 0. The van der Waals surface area contributed by atoms with Crippen molar-refractivity contribution >= 4 is 11.8 Å². The van der Waals surface area contributed by atoms with Gasteiger partial charge < -0.3 is 5.11 Å². The zero-order chi connectivity index (χ0) is 12.3. The molecule has 1 aromatic heterocycles. The largest absolute Gasteiger partial charge is 0.389 e. The fourth-order valence-corrected chi connectivity index (χ4v) is 2.43. The van der Waals surface area contributed by atoms with Crippen molar-refractivity contribution in [3.63, 3.8) is 0 Å². The van der Waals surface area contributed by atoms with E-state index in [1.54, 1.807) is 24.9 Å². The third-order valence-corrected chi connectivity index (χ3v) is 3.66. The van der Waals surface area contributed by atoms with Crippen LogP contribution in [0.15, 0.2) is 52.5 Å². The van der Waals surface area contributed by atoms with E-state index in [2.05, 4.69) is 24.0 Å². The summed E-state index contributed by atoms with van der Waals surface area (Å²) in [5.74, 6) is 0. The highest BCUT2D eigenvalue weighted by Crippen LogP contribution is 2.29. The van der Waals surface area contributed by atoms with Gasteiger partial charge in [0.2, 0.25) is 0 Å². The molecule has 0 radical (unpaired) electrons. The average Bonchev–Trinajstić information content (AvgIpc) is 2.32. The van der Waals surface area contributed by atoms with E-state index in [1.807, 2.05) is 24.3 Å². The van der Waals surface area contributed by atoms with Gasteiger partial charge in [-0.05, 0) is 43.2 Å². The first kappa shape index (κ1) is 12.1. The molecule has 1 atom stereocenters. The topological polar surface area (TPSA) is 33.1 Å². The SMILES string of the molecule is Cc1ccccc1Sc1cc([C@H](C)O)ccn1. The third kappa shape index (κ3) is 3.08. The second-order valence-electron chi connectivity index (χ2n) is 3.97. The van der Waals surface area contributed by atoms with Gasteiger partial charge in [0.15, 0.2) is 0 Å². The summed E-state index contributed by atoms with van der Waals surface area (Å²) in [6.07, 6.45) is 1.29. The van der Waals surface area contributed by atoms with Crippen molar-refractivity contribution < 1.29 is 5.11 Å². The molecule has 2 rings (SSSR count). The van der Waals surface area contributed by atoms with Crippen LogP contribution in [0.1, 0.15) is 24.2 Å². The molecule has 1 N–H and O–H groups in total. The Labute approximate surface area is 106 Å². The molecular formula is C14H15NOS. The predicted octanol–water partition coefficient (Wildman–Crippen LogP) is 3.59. The Bertz CT molecular complexity index is 511. The first-order valence-corrected chi connectivity index (χ1v) is 6.36. The Morgan fingerprint density at radius 1 is 1.24 bits per heavy atom. The lowest BCUT2D eigenvalue weighted by Gasteiger charge is -2.07. The van der Waals surface area contributed by atoms with E-state index in [0.717, 1.165) is 10.6 Å². The van der Waals surface area contributed by atoms with Crippen molar-refractivity contribution in [1.29, 1.82) is 0 Å². The van der Waals surface area contributed by atoms with Crippen LogP contribution in [-0.4, -0.2) is 10.1 Å². The molecule has 0 amide bonds. The number of aryl methyl sites for hydroxylation is 1. The third-order valence-electron chi connectivity index (χ3n) is 2.55. The van der Waals surface area contributed by atoms with E-state index in [4.69, 9.17) is 0 Å². The molecule has 0 fully saturated rings. The van der Waals surface area contributed by atoms with Gasteiger partial charge in [0.1, 0.15) is 5.03 Å². The lowest BCUT2D eigenvalue weighted by molar-refractivity contribution is 0.199. The molecule has 17 heavy (non-hydrogen) atoms. The van der Waals surface area contributed by atoms with Crippen molar-refractivity contribution in [3.05, 3.63) is 53.7 Å². The maximum Gasteiger partial charge on any atom is 0.101 e. The van der Waals surface area contributed by atoms with E-state index < -0.39 is 6.10 Å². The van der Waals surface area contributed by atoms with Crippen LogP contribution >= 0.6 is 11.8 Å².